The monoisotopic (exact) mass is 216 g/mol. The molecule has 15 heavy (non-hydrogen) atoms. The molecule has 0 saturated heterocycles. The number of carbonyl (C=O) groups is 2. The van der Waals surface area contributed by atoms with Gasteiger partial charge in [-0.05, 0) is 34.6 Å². The summed E-state index contributed by atoms with van der Waals surface area (Å²) in [6.45, 7) is 9.04. The Morgan fingerprint density at radius 1 is 1.27 bits per heavy atom. The molecule has 0 radical (unpaired) electrons. The molecular formula is C10H20N2O3. The summed E-state index contributed by atoms with van der Waals surface area (Å²) in [5.74, 6) is -0.233. The van der Waals surface area contributed by atoms with Crippen LogP contribution in [0.5, 0.6) is 0 Å². The van der Waals surface area contributed by atoms with E-state index in [1.807, 2.05) is 20.8 Å². The number of hydrogen-bond donors (Lipinski definition) is 2. The van der Waals surface area contributed by atoms with E-state index in [1.165, 1.54) is 0 Å². The molecule has 2 amide bonds. The highest BCUT2D eigenvalue weighted by molar-refractivity contribution is 5.82. The van der Waals surface area contributed by atoms with Crippen molar-refractivity contribution in [1.29, 1.82) is 0 Å². The van der Waals surface area contributed by atoms with Crippen molar-refractivity contribution in [3.05, 3.63) is 0 Å². The maximum atomic E-state index is 11.3. The molecule has 0 spiro atoms. The zero-order valence-electron chi connectivity index (χ0n) is 10.0. The van der Waals surface area contributed by atoms with Gasteiger partial charge in [-0.2, -0.15) is 0 Å². The number of amides is 2. The molecule has 0 heterocycles. The van der Waals surface area contributed by atoms with Crippen LogP contribution in [0.15, 0.2) is 0 Å². The zero-order chi connectivity index (χ0) is 12.1. The first-order valence-corrected chi connectivity index (χ1v) is 4.96. The lowest BCUT2D eigenvalue weighted by atomic mass is 10.1. The maximum Gasteiger partial charge on any atom is 0.407 e. The fourth-order valence-corrected chi connectivity index (χ4v) is 0.871. The molecule has 2 N–H and O–H groups in total. The maximum absolute atomic E-state index is 11.3. The van der Waals surface area contributed by atoms with Crippen LogP contribution in [0.2, 0.25) is 0 Å². The van der Waals surface area contributed by atoms with Crippen molar-refractivity contribution < 1.29 is 14.3 Å². The van der Waals surface area contributed by atoms with E-state index in [0.29, 0.717) is 0 Å². The Morgan fingerprint density at radius 3 is 2.20 bits per heavy atom. The number of ether oxygens (including phenoxy) is 1. The number of carbonyl (C=O) groups excluding carboxylic acids is 2. The van der Waals surface area contributed by atoms with E-state index in [1.54, 1.807) is 13.8 Å². The van der Waals surface area contributed by atoms with Gasteiger partial charge in [-0.25, -0.2) is 4.79 Å². The van der Waals surface area contributed by atoms with Gasteiger partial charge in [0, 0.05) is 5.54 Å². The Labute approximate surface area is 90.6 Å². The van der Waals surface area contributed by atoms with Crippen molar-refractivity contribution in [2.75, 3.05) is 6.54 Å². The molecule has 0 fully saturated rings. The van der Waals surface area contributed by atoms with Gasteiger partial charge in [0.2, 0.25) is 5.91 Å². The molecule has 0 aliphatic carbocycles. The highest BCUT2D eigenvalue weighted by Crippen LogP contribution is 1.97. The van der Waals surface area contributed by atoms with E-state index < -0.39 is 6.09 Å². The third-order valence-corrected chi connectivity index (χ3v) is 1.25. The van der Waals surface area contributed by atoms with Crippen molar-refractivity contribution in [3.8, 4) is 0 Å². The lowest BCUT2D eigenvalue weighted by Gasteiger charge is -2.20. The van der Waals surface area contributed by atoms with Crippen LogP contribution in [0, 0.1) is 0 Å². The summed E-state index contributed by atoms with van der Waals surface area (Å²) in [6, 6.07) is 0. The van der Waals surface area contributed by atoms with Crippen LogP contribution in [-0.4, -0.2) is 30.2 Å². The van der Waals surface area contributed by atoms with Crippen LogP contribution in [0.3, 0.4) is 0 Å². The lowest BCUT2D eigenvalue weighted by Crippen LogP contribution is -2.46. The first-order chi connectivity index (χ1) is 6.70. The minimum Gasteiger partial charge on any atom is -0.447 e. The Hall–Kier alpha value is -1.26. The molecule has 0 aliphatic rings. The van der Waals surface area contributed by atoms with Crippen molar-refractivity contribution in [3.63, 3.8) is 0 Å². The molecular weight excluding hydrogens is 196 g/mol. The predicted molar refractivity (Wildman–Crippen MR) is 57.5 cm³/mol. The predicted octanol–water partition coefficient (Wildman–Crippen LogP) is 1.04. The third-order valence-electron chi connectivity index (χ3n) is 1.25. The van der Waals surface area contributed by atoms with Crippen molar-refractivity contribution in [1.82, 2.24) is 10.6 Å². The summed E-state index contributed by atoms with van der Waals surface area (Å²) >= 11 is 0. The number of hydrogen-bond acceptors (Lipinski definition) is 3. The Morgan fingerprint density at radius 2 is 1.80 bits per heavy atom. The quantitative estimate of drug-likeness (QED) is 0.740. The average molecular weight is 216 g/mol. The van der Waals surface area contributed by atoms with Gasteiger partial charge < -0.3 is 15.4 Å². The first-order valence-electron chi connectivity index (χ1n) is 4.96. The number of alkyl carbamates (subject to hydrolysis) is 1. The molecule has 0 aromatic carbocycles. The van der Waals surface area contributed by atoms with Gasteiger partial charge in [0.05, 0.1) is 6.10 Å². The summed E-state index contributed by atoms with van der Waals surface area (Å²) in [7, 11) is 0. The van der Waals surface area contributed by atoms with Crippen LogP contribution in [-0.2, 0) is 9.53 Å². The van der Waals surface area contributed by atoms with Gasteiger partial charge in [0.1, 0.15) is 6.54 Å². The van der Waals surface area contributed by atoms with Gasteiger partial charge in [-0.15, -0.1) is 0 Å². The topological polar surface area (TPSA) is 67.4 Å². The minimum absolute atomic E-state index is 0.0666. The molecule has 0 atom stereocenters. The van der Waals surface area contributed by atoms with Crippen LogP contribution in [0.1, 0.15) is 34.6 Å². The SMILES string of the molecule is CC(C)OC(=O)NCC(=O)NC(C)(C)C. The van der Waals surface area contributed by atoms with E-state index in [2.05, 4.69) is 10.6 Å². The van der Waals surface area contributed by atoms with Gasteiger partial charge in [-0.3, -0.25) is 4.79 Å². The molecule has 5 heteroatoms. The standard InChI is InChI=1S/C10H20N2O3/c1-7(2)15-9(14)11-6-8(13)12-10(3,4)5/h7H,6H2,1-5H3,(H,11,14)(H,12,13). The Bertz CT molecular complexity index is 231. The molecule has 5 nitrogen and oxygen atoms in total. The van der Waals surface area contributed by atoms with Crippen molar-refractivity contribution in [2.24, 2.45) is 0 Å². The molecule has 0 aliphatic heterocycles. The van der Waals surface area contributed by atoms with E-state index in [4.69, 9.17) is 4.74 Å². The molecule has 0 bridgehead atoms. The van der Waals surface area contributed by atoms with Crippen molar-refractivity contribution >= 4 is 12.0 Å². The number of rotatable bonds is 3. The van der Waals surface area contributed by atoms with Gasteiger partial charge >= 0.3 is 6.09 Å². The molecule has 0 aromatic heterocycles. The summed E-state index contributed by atoms with van der Waals surface area (Å²) in [4.78, 5) is 22.3. The van der Waals surface area contributed by atoms with Crippen LogP contribution < -0.4 is 10.6 Å². The zero-order valence-corrected chi connectivity index (χ0v) is 10.0. The van der Waals surface area contributed by atoms with Crippen LogP contribution in [0.25, 0.3) is 0 Å². The highest BCUT2D eigenvalue weighted by atomic mass is 16.6. The average Bonchev–Trinajstić information content (AvgIpc) is 1.96. The summed E-state index contributed by atoms with van der Waals surface area (Å²) in [5.41, 5.74) is -0.291. The Balaban J connectivity index is 3.77. The Kier molecular flexibility index (Phi) is 5.11. The fourth-order valence-electron chi connectivity index (χ4n) is 0.871. The lowest BCUT2D eigenvalue weighted by molar-refractivity contribution is -0.121. The van der Waals surface area contributed by atoms with Gasteiger partial charge in [0.25, 0.3) is 0 Å². The fraction of sp³-hybridized carbons (Fsp3) is 0.800. The smallest absolute Gasteiger partial charge is 0.407 e. The largest absolute Gasteiger partial charge is 0.447 e. The van der Waals surface area contributed by atoms with Gasteiger partial charge in [-0.1, -0.05) is 0 Å². The number of nitrogens with one attached hydrogen (secondary N) is 2. The van der Waals surface area contributed by atoms with E-state index in [0.717, 1.165) is 0 Å². The highest BCUT2D eigenvalue weighted by Gasteiger charge is 2.14. The van der Waals surface area contributed by atoms with E-state index in [-0.39, 0.29) is 24.1 Å². The van der Waals surface area contributed by atoms with Crippen LogP contribution in [0.4, 0.5) is 4.79 Å². The molecule has 0 saturated carbocycles. The third kappa shape index (κ3) is 9.05. The van der Waals surface area contributed by atoms with Crippen LogP contribution >= 0.6 is 0 Å². The first kappa shape index (κ1) is 13.7. The normalized spacial score (nSPS) is 11.1. The summed E-state index contributed by atoms with van der Waals surface area (Å²) in [5, 5.41) is 5.08. The second-order valence-electron chi connectivity index (χ2n) is 4.61. The molecule has 0 unspecified atom stereocenters. The second kappa shape index (κ2) is 5.58. The van der Waals surface area contributed by atoms with Gasteiger partial charge in [0.15, 0.2) is 0 Å². The second-order valence-corrected chi connectivity index (χ2v) is 4.61. The molecule has 0 aromatic rings. The van der Waals surface area contributed by atoms with E-state index in [9.17, 15) is 9.59 Å². The molecule has 0 rings (SSSR count). The van der Waals surface area contributed by atoms with E-state index >= 15 is 0 Å². The summed E-state index contributed by atoms with van der Waals surface area (Å²) < 4.78 is 4.80. The minimum atomic E-state index is -0.575. The van der Waals surface area contributed by atoms with Crippen molar-refractivity contribution in [2.45, 2.75) is 46.3 Å². The molecule has 88 valence electrons. The summed E-state index contributed by atoms with van der Waals surface area (Å²) in [6.07, 6.45) is -0.760.